The number of likely N-dealkylation sites (tertiary alicyclic amines) is 1. The molecule has 2 aliphatic heterocycles. The van der Waals surface area contributed by atoms with Gasteiger partial charge in [-0.05, 0) is 65.3 Å². The molecule has 4 aromatic carbocycles. The van der Waals surface area contributed by atoms with Gasteiger partial charge in [-0.25, -0.2) is 4.79 Å². The molecular formula is C41H46ClN3O7. The Kier molecular flexibility index (Phi) is 12.6. The molecule has 52 heavy (non-hydrogen) atoms. The Morgan fingerprint density at radius 1 is 0.904 bits per heavy atom. The summed E-state index contributed by atoms with van der Waals surface area (Å²) in [5.74, 6) is -0.490. The van der Waals surface area contributed by atoms with Crippen molar-refractivity contribution in [2.24, 2.45) is 0 Å². The molecule has 2 saturated heterocycles. The summed E-state index contributed by atoms with van der Waals surface area (Å²) in [5, 5.41) is 27.0. The summed E-state index contributed by atoms with van der Waals surface area (Å²) in [6, 6.07) is 30.8. The molecule has 2 fully saturated rings. The number of piperidine rings is 1. The number of benzene rings is 4. The van der Waals surface area contributed by atoms with Crippen molar-refractivity contribution in [3.8, 4) is 11.1 Å². The molecule has 0 saturated carbocycles. The van der Waals surface area contributed by atoms with Crippen LogP contribution in [0.2, 0.25) is 5.02 Å². The molecule has 6 rings (SSSR count). The highest BCUT2D eigenvalue weighted by Gasteiger charge is 2.37. The monoisotopic (exact) mass is 727 g/mol. The molecular weight excluding hydrogens is 682 g/mol. The van der Waals surface area contributed by atoms with Crippen LogP contribution in [0.4, 0.5) is 4.79 Å². The minimum atomic E-state index is -0.885. The standard InChI is InChI=1S/C41H46ClN3O7/c1-2-50-38(47)25-44-40(48)43-24-32-5-3-4-6-36(32)29-11-13-31(14-12-29)39-51-35(23-37(52-39)30-9-7-28(27-46)8-10-30)26-45-21-19-41(49,20-22-45)33-15-17-34(42)18-16-33/h3-18,35,37,39,46,49H,2,19-27H2,1H3,(H2,43,44,48)/t35-,37+,39+/m1/s1. The normalized spacial score (nSPS) is 20.2. The number of urea groups is 1. The first-order valence-electron chi connectivity index (χ1n) is 17.8. The summed E-state index contributed by atoms with van der Waals surface area (Å²) >= 11 is 6.09. The van der Waals surface area contributed by atoms with Crippen LogP contribution in [0.5, 0.6) is 0 Å². The summed E-state index contributed by atoms with van der Waals surface area (Å²) in [6.07, 6.45) is 0.955. The van der Waals surface area contributed by atoms with Gasteiger partial charge in [-0.2, -0.15) is 0 Å². The van der Waals surface area contributed by atoms with Gasteiger partial charge in [0.1, 0.15) is 6.54 Å². The maximum absolute atomic E-state index is 12.3. The molecule has 10 nitrogen and oxygen atoms in total. The van der Waals surface area contributed by atoms with E-state index in [2.05, 4.69) is 15.5 Å². The Morgan fingerprint density at radius 2 is 1.60 bits per heavy atom. The lowest BCUT2D eigenvalue weighted by Crippen LogP contribution is -2.46. The number of rotatable bonds is 12. The number of halogens is 1. The van der Waals surface area contributed by atoms with Gasteiger partial charge in [0, 0.05) is 43.2 Å². The van der Waals surface area contributed by atoms with E-state index < -0.39 is 23.9 Å². The van der Waals surface area contributed by atoms with Crippen molar-refractivity contribution in [1.29, 1.82) is 0 Å². The van der Waals surface area contributed by atoms with Gasteiger partial charge in [0.2, 0.25) is 0 Å². The quantitative estimate of drug-likeness (QED) is 0.124. The molecule has 2 aliphatic rings. The second-order valence-corrected chi connectivity index (χ2v) is 13.7. The molecule has 0 aromatic heterocycles. The van der Waals surface area contributed by atoms with Crippen molar-refractivity contribution >= 4 is 23.6 Å². The van der Waals surface area contributed by atoms with Gasteiger partial charge in [-0.3, -0.25) is 4.79 Å². The van der Waals surface area contributed by atoms with E-state index in [1.807, 2.05) is 97.1 Å². The number of aliphatic hydroxyl groups is 2. The Balaban J connectivity index is 1.13. The average Bonchev–Trinajstić information content (AvgIpc) is 3.17. The maximum atomic E-state index is 12.3. The zero-order valence-electron chi connectivity index (χ0n) is 29.3. The van der Waals surface area contributed by atoms with Crippen LogP contribution in [0.3, 0.4) is 0 Å². The first kappa shape index (κ1) is 37.5. The average molecular weight is 728 g/mol. The molecule has 0 bridgehead atoms. The Labute approximate surface area is 309 Å². The van der Waals surface area contributed by atoms with Crippen LogP contribution in [0.25, 0.3) is 11.1 Å². The predicted molar refractivity (Wildman–Crippen MR) is 198 cm³/mol. The molecule has 0 radical (unpaired) electrons. The first-order chi connectivity index (χ1) is 25.2. The van der Waals surface area contributed by atoms with E-state index in [-0.39, 0.29) is 38.5 Å². The van der Waals surface area contributed by atoms with Crippen molar-refractivity contribution in [3.05, 3.63) is 130 Å². The minimum Gasteiger partial charge on any atom is -0.465 e. The van der Waals surface area contributed by atoms with E-state index in [1.165, 1.54) is 0 Å². The van der Waals surface area contributed by atoms with Crippen LogP contribution in [0.1, 0.15) is 66.4 Å². The molecule has 2 amide bonds. The number of esters is 1. The largest absolute Gasteiger partial charge is 0.465 e. The third-order valence-corrected chi connectivity index (χ3v) is 10.0. The minimum absolute atomic E-state index is 0.0221. The van der Waals surface area contributed by atoms with Crippen LogP contribution in [-0.2, 0) is 37.8 Å². The summed E-state index contributed by atoms with van der Waals surface area (Å²) < 4.78 is 18.1. The number of ether oxygens (including phenoxy) is 3. The number of carbonyl (C=O) groups is 2. The van der Waals surface area contributed by atoms with Crippen molar-refractivity contribution in [3.63, 3.8) is 0 Å². The second kappa shape index (κ2) is 17.5. The number of nitrogens with zero attached hydrogens (tertiary/aromatic N) is 1. The SMILES string of the molecule is CCOC(=O)CNC(=O)NCc1ccccc1-c1ccc([C@H]2O[C@@H](CN3CCC(O)(c4ccc(Cl)cc4)CC3)C[C@@H](c3ccc(CO)cc3)O2)cc1. The van der Waals surface area contributed by atoms with Gasteiger partial charge >= 0.3 is 12.0 Å². The summed E-state index contributed by atoms with van der Waals surface area (Å²) in [6.45, 7) is 4.19. The number of nitrogens with one attached hydrogen (secondary N) is 2. The smallest absolute Gasteiger partial charge is 0.325 e. The van der Waals surface area contributed by atoms with E-state index in [0.717, 1.165) is 52.0 Å². The number of aliphatic hydroxyl groups excluding tert-OH is 1. The van der Waals surface area contributed by atoms with Crippen LogP contribution >= 0.6 is 11.6 Å². The number of carbonyl (C=O) groups excluding carboxylic acids is 2. The lowest BCUT2D eigenvalue weighted by atomic mass is 9.84. The van der Waals surface area contributed by atoms with E-state index >= 15 is 0 Å². The van der Waals surface area contributed by atoms with Crippen LogP contribution < -0.4 is 10.6 Å². The summed E-state index contributed by atoms with van der Waals surface area (Å²) in [7, 11) is 0. The van der Waals surface area contributed by atoms with Crippen LogP contribution in [0.15, 0.2) is 97.1 Å². The maximum Gasteiger partial charge on any atom is 0.325 e. The van der Waals surface area contributed by atoms with Gasteiger partial charge in [-0.15, -0.1) is 0 Å². The van der Waals surface area contributed by atoms with E-state index in [0.29, 0.717) is 30.8 Å². The van der Waals surface area contributed by atoms with Gasteiger partial charge < -0.3 is 40.0 Å². The molecule has 4 N–H and O–H groups in total. The molecule has 11 heteroatoms. The Hall–Kier alpha value is -4.29. The predicted octanol–water partition coefficient (Wildman–Crippen LogP) is 6.39. The van der Waals surface area contributed by atoms with Crippen LogP contribution in [0, 0.1) is 0 Å². The van der Waals surface area contributed by atoms with E-state index in [4.69, 9.17) is 25.8 Å². The summed E-state index contributed by atoms with van der Waals surface area (Å²) in [4.78, 5) is 26.3. The van der Waals surface area contributed by atoms with E-state index in [1.54, 1.807) is 6.92 Å². The fourth-order valence-corrected chi connectivity index (χ4v) is 6.98. The fraction of sp³-hybridized carbons (Fsp3) is 0.366. The van der Waals surface area contributed by atoms with Crippen molar-refractivity contribution < 1.29 is 34.0 Å². The molecule has 2 heterocycles. The van der Waals surface area contributed by atoms with E-state index in [9.17, 15) is 19.8 Å². The number of hydrogen-bond donors (Lipinski definition) is 4. The lowest BCUT2D eigenvalue weighted by Gasteiger charge is -2.42. The van der Waals surface area contributed by atoms with Crippen molar-refractivity contribution in [2.75, 3.05) is 32.8 Å². The number of hydrogen-bond acceptors (Lipinski definition) is 8. The molecule has 0 unspecified atom stereocenters. The highest BCUT2D eigenvalue weighted by atomic mass is 35.5. The van der Waals surface area contributed by atoms with Crippen molar-refractivity contribution in [1.82, 2.24) is 15.5 Å². The zero-order chi connectivity index (χ0) is 36.5. The first-order valence-corrected chi connectivity index (χ1v) is 18.2. The highest BCUT2D eigenvalue weighted by Crippen LogP contribution is 2.40. The van der Waals surface area contributed by atoms with Gasteiger partial charge in [0.05, 0.1) is 31.0 Å². The van der Waals surface area contributed by atoms with Crippen molar-refractivity contribution in [2.45, 2.75) is 63.4 Å². The molecule has 3 atom stereocenters. The van der Waals surface area contributed by atoms with Crippen LogP contribution in [-0.4, -0.2) is 66.0 Å². The third kappa shape index (κ3) is 9.57. The van der Waals surface area contributed by atoms with Gasteiger partial charge in [-0.1, -0.05) is 96.5 Å². The molecule has 4 aromatic rings. The topological polar surface area (TPSA) is 130 Å². The third-order valence-electron chi connectivity index (χ3n) is 9.79. The molecule has 0 aliphatic carbocycles. The molecule has 0 spiro atoms. The Bertz CT molecular complexity index is 1780. The van der Waals surface area contributed by atoms with Gasteiger partial charge in [0.15, 0.2) is 6.29 Å². The Morgan fingerprint density at radius 3 is 2.29 bits per heavy atom. The zero-order valence-corrected chi connectivity index (χ0v) is 30.1. The fourth-order valence-electron chi connectivity index (χ4n) is 6.85. The lowest BCUT2D eigenvalue weighted by molar-refractivity contribution is -0.253. The number of amides is 2. The second-order valence-electron chi connectivity index (χ2n) is 13.3. The van der Waals surface area contributed by atoms with Gasteiger partial charge in [0.25, 0.3) is 0 Å². The highest BCUT2D eigenvalue weighted by molar-refractivity contribution is 6.30. The summed E-state index contributed by atoms with van der Waals surface area (Å²) in [5.41, 5.74) is 5.61. The molecule has 274 valence electrons.